The van der Waals surface area contributed by atoms with Gasteiger partial charge in [0.2, 0.25) is 11.5 Å². The van der Waals surface area contributed by atoms with Gasteiger partial charge in [-0.1, -0.05) is 44.2 Å². The van der Waals surface area contributed by atoms with Crippen molar-refractivity contribution in [3.63, 3.8) is 0 Å². The van der Waals surface area contributed by atoms with Crippen LogP contribution in [0.1, 0.15) is 61.5 Å². The monoisotopic (exact) mass is 739 g/mol. The molecule has 5 N–H and O–H groups in total. The zero-order chi connectivity index (χ0) is 38.3. The summed E-state index contributed by atoms with van der Waals surface area (Å²) in [5, 5.41) is 36.8. The third-order valence-electron chi connectivity index (χ3n) is 9.86. The highest BCUT2D eigenvalue weighted by molar-refractivity contribution is 5.87. The number of H-pyrrole nitrogens is 1. The van der Waals surface area contributed by atoms with Crippen LogP contribution in [0.3, 0.4) is 0 Å². The number of aliphatic hydroxyl groups is 1. The number of hydrogen-bond donors (Lipinski definition) is 5. The lowest BCUT2D eigenvalue weighted by Crippen LogP contribution is -2.57. The first-order valence-electron chi connectivity index (χ1n) is 18.9. The Morgan fingerprint density at radius 2 is 1.89 bits per heavy atom. The van der Waals surface area contributed by atoms with E-state index in [1.165, 1.54) is 23.3 Å². The molecule has 54 heavy (non-hydrogen) atoms. The van der Waals surface area contributed by atoms with Gasteiger partial charge in [0, 0.05) is 76.4 Å². The van der Waals surface area contributed by atoms with E-state index in [2.05, 4.69) is 60.7 Å². The van der Waals surface area contributed by atoms with Gasteiger partial charge in [0.05, 0.1) is 42.6 Å². The first-order chi connectivity index (χ1) is 26.3. The van der Waals surface area contributed by atoms with E-state index in [-0.39, 0.29) is 41.3 Å². The Morgan fingerprint density at radius 1 is 1.07 bits per heavy atom. The third kappa shape index (κ3) is 10.9. The summed E-state index contributed by atoms with van der Waals surface area (Å²) in [6, 6.07) is 20.5. The first kappa shape index (κ1) is 40.3. The number of morpholine rings is 1. The number of aromatic hydroxyl groups is 1. The molecule has 0 saturated carbocycles. The van der Waals surface area contributed by atoms with Crippen LogP contribution in [0, 0.1) is 11.3 Å². The van der Waals surface area contributed by atoms with Crippen LogP contribution in [0.25, 0.3) is 10.9 Å². The molecule has 2 aromatic carbocycles. The van der Waals surface area contributed by atoms with Crippen molar-refractivity contribution in [1.29, 1.82) is 5.26 Å². The molecule has 0 radical (unpaired) electrons. The molecule has 4 aromatic rings. The molecular weight excluding hydrogens is 686 g/mol. The van der Waals surface area contributed by atoms with Crippen molar-refractivity contribution in [2.45, 2.75) is 57.8 Å². The molecule has 2 aliphatic heterocycles. The lowest BCUT2D eigenvalue weighted by Gasteiger charge is -2.47. The minimum absolute atomic E-state index is 0.0565. The second kappa shape index (κ2) is 20.0. The molecule has 4 heterocycles. The van der Waals surface area contributed by atoms with E-state index in [0.29, 0.717) is 49.4 Å². The van der Waals surface area contributed by atoms with Crippen LogP contribution in [0.5, 0.6) is 5.75 Å². The summed E-state index contributed by atoms with van der Waals surface area (Å²) in [6.07, 6.45) is 3.78. The summed E-state index contributed by atoms with van der Waals surface area (Å²) in [6.45, 7) is 10.8. The first-order valence-corrected chi connectivity index (χ1v) is 18.9. The van der Waals surface area contributed by atoms with Gasteiger partial charge in [-0.3, -0.25) is 14.5 Å². The highest BCUT2D eigenvalue weighted by Crippen LogP contribution is 2.33. The quantitative estimate of drug-likeness (QED) is 0.112. The third-order valence-corrected chi connectivity index (χ3v) is 9.86. The normalized spacial score (nSPS) is 16.0. The summed E-state index contributed by atoms with van der Waals surface area (Å²) in [7, 11) is 0. The number of nitriles is 1. The van der Waals surface area contributed by atoms with Gasteiger partial charge < -0.3 is 40.2 Å². The van der Waals surface area contributed by atoms with Crippen molar-refractivity contribution in [2.75, 3.05) is 70.5 Å². The van der Waals surface area contributed by atoms with Crippen LogP contribution in [-0.4, -0.2) is 102 Å². The van der Waals surface area contributed by atoms with Crippen molar-refractivity contribution in [3.05, 3.63) is 99.5 Å². The number of carbonyl (C=O) groups excluding carboxylic acids is 1. The fourth-order valence-electron chi connectivity index (χ4n) is 7.06. The number of aliphatic hydroxyl groups excluding tert-OH is 1. The van der Waals surface area contributed by atoms with E-state index < -0.39 is 6.10 Å². The van der Waals surface area contributed by atoms with Crippen LogP contribution in [0.15, 0.2) is 71.7 Å². The molecule has 13 heteroatoms. The van der Waals surface area contributed by atoms with Gasteiger partial charge in [0.1, 0.15) is 17.6 Å². The molecule has 2 fully saturated rings. The molecule has 13 nitrogen and oxygen atoms in total. The highest BCUT2D eigenvalue weighted by Gasteiger charge is 2.40. The summed E-state index contributed by atoms with van der Waals surface area (Å²) in [4.78, 5) is 35.7. The second-order valence-electron chi connectivity index (χ2n) is 13.5. The van der Waals surface area contributed by atoms with E-state index >= 15 is 0 Å². The number of aromatic amines is 1. The van der Waals surface area contributed by atoms with Crippen molar-refractivity contribution in [1.82, 2.24) is 25.5 Å². The van der Waals surface area contributed by atoms with Gasteiger partial charge in [-0.15, -0.1) is 0 Å². The molecule has 6 rings (SSSR count). The Balaban J connectivity index is 0.00000276. The number of nitrogens with zero attached hydrogens (tertiary/aromatic N) is 4. The van der Waals surface area contributed by atoms with Crippen molar-refractivity contribution >= 4 is 22.6 Å². The number of anilines is 1. The number of hydrogen-bond acceptors (Lipinski definition) is 11. The molecule has 0 aliphatic carbocycles. The SMILES string of the molecule is CC.N#Cc1cccnc1N1CCOC2(CCN(Cc3cccc(CCOCCC(=O)NCCNCC(O)c4ccc(O)c5[nH]c(=O)ccc45)c3)CC2)C1. The number of fused-ring (bicyclic) bond motifs is 1. The summed E-state index contributed by atoms with van der Waals surface area (Å²) in [5.74, 6) is 0.594. The topological polar surface area (TPSA) is 176 Å². The van der Waals surface area contributed by atoms with E-state index in [1.54, 1.807) is 24.4 Å². The average Bonchev–Trinajstić information content (AvgIpc) is 3.20. The van der Waals surface area contributed by atoms with Crippen LogP contribution in [-0.2, 0) is 27.2 Å². The number of phenolic OH excluding ortho intramolecular Hbond substituents is 1. The van der Waals surface area contributed by atoms with Crippen molar-refractivity contribution < 1.29 is 24.5 Å². The standard InChI is InChI=1S/C39H47N7O6.C2H6/c40-24-30-5-2-14-43-38(30)46-19-22-52-39(27-46)12-17-45(18-13-39)26-29-4-1-3-28(23-29)10-20-51-21-11-35(49)42-16-15-41-25-34(48)31-6-8-33(47)37-32(31)7-9-36(50)44-37;1-2/h1-9,14,23,34,41,47-48H,10-13,15-22,25-27H2,(H,42,49)(H,44,50);1-2H3. The Hall–Kier alpha value is -4.84. The molecule has 0 bridgehead atoms. The van der Waals surface area contributed by atoms with Crippen LogP contribution >= 0.6 is 0 Å². The lowest BCUT2D eigenvalue weighted by molar-refractivity contribution is -0.122. The number of piperidine rings is 1. The predicted molar refractivity (Wildman–Crippen MR) is 208 cm³/mol. The van der Waals surface area contributed by atoms with Gasteiger partial charge >= 0.3 is 0 Å². The summed E-state index contributed by atoms with van der Waals surface area (Å²) in [5.41, 5.74) is 3.39. The zero-order valence-corrected chi connectivity index (χ0v) is 31.4. The molecule has 1 unspecified atom stereocenters. The number of phenols is 1. The van der Waals surface area contributed by atoms with E-state index in [0.717, 1.165) is 57.8 Å². The smallest absolute Gasteiger partial charge is 0.248 e. The molecule has 2 aromatic heterocycles. The minimum Gasteiger partial charge on any atom is -0.506 e. The van der Waals surface area contributed by atoms with E-state index in [1.807, 2.05) is 19.9 Å². The number of nitrogens with one attached hydrogen (secondary N) is 3. The largest absolute Gasteiger partial charge is 0.506 e. The highest BCUT2D eigenvalue weighted by atomic mass is 16.5. The van der Waals surface area contributed by atoms with E-state index in [4.69, 9.17) is 9.47 Å². The Bertz CT molecular complexity index is 1920. The molecule has 1 amide bonds. The fourth-order valence-corrected chi connectivity index (χ4v) is 7.06. The molecule has 288 valence electrons. The van der Waals surface area contributed by atoms with Crippen molar-refractivity contribution in [2.24, 2.45) is 0 Å². The van der Waals surface area contributed by atoms with Gasteiger partial charge in [-0.25, -0.2) is 4.98 Å². The fraction of sp³-hybridized carbons (Fsp3) is 0.463. The number of aromatic nitrogens is 2. The van der Waals surface area contributed by atoms with E-state index in [9.17, 15) is 25.1 Å². The number of pyridine rings is 2. The maximum atomic E-state index is 12.3. The number of rotatable bonds is 15. The molecule has 1 spiro atoms. The molecule has 1 atom stereocenters. The Labute approximate surface area is 316 Å². The Kier molecular flexibility index (Phi) is 15.0. The van der Waals surface area contributed by atoms with Crippen LogP contribution < -0.4 is 21.1 Å². The number of ether oxygens (including phenoxy) is 2. The summed E-state index contributed by atoms with van der Waals surface area (Å²) >= 11 is 0. The van der Waals surface area contributed by atoms with Crippen LogP contribution in [0.4, 0.5) is 5.82 Å². The predicted octanol–water partition coefficient (Wildman–Crippen LogP) is 3.79. The lowest BCUT2D eigenvalue weighted by atomic mass is 9.89. The molecule has 2 aliphatic rings. The number of carbonyl (C=O) groups is 1. The average molecular weight is 740 g/mol. The number of amides is 1. The van der Waals surface area contributed by atoms with Crippen LogP contribution in [0.2, 0.25) is 0 Å². The number of benzene rings is 2. The summed E-state index contributed by atoms with van der Waals surface area (Å²) < 4.78 is 12.1. The van der Waals surface area contributed by atoms with Gasteiger partial charge in [-0.05, 0) is 60.2 Å². The van der Waals surface area contributed by atoms with Gasteiger partial charge in [0.25, 0.3) is 0 Å². The maximum Gasteiger partial charge on any atom is 0.248 e. The van der Waals surface area contributed by atoms with Gasteiger partial charge in [0.15, 0.2) is 0 Å². The molecule has 2 saturated heterocycles. The zero-order valence-electron chi connectivity index (χ0n) is 31.4. The van der Waals surface area contributed by atoms with Crippen molar-refractivity contribution in [3.8, 4) is 11.8 Å². The number of likely N-dealkylation sites (tertiary alicyclic amines) is 1. The maximum absolute atomic E-state index is 12.3. The minimum atomic E-state index is -0.862. The second-order valence-corrected chi connectivity index (χ2v) is 13.5. The Morgan fingerprint density at radius 3 is 2.70 bits per heavy atom. The molecular formula is C41H53N7O6. The van der Waals surface area contributed by atoms with Gasteiger partial charge in [-0.2, -0.15) is 5.26 Å².